The second-order valence-electron chi connectivity index (χ2n) is 10.7. The molecule has 38 heavy (non-hydrogen) atoms. The van der Waals surface area contributed by atoms with Gasteiger partial charge in [0.2, 0.25) is 5.91 Å². The van der Waals surface area contributed by atoms with Crippen LogP contribution in [0.5, 0.6) is 0 Å². The zero-order chi connectivity index (χ0) is 26.5. The molecule has 1 saturated carbocycles. The van der Waals surface area contributed by atoms with Crippen molar-refractivity contribution in [1.29, 1.82) is 0 Å². The molecule has 0 spiro atoms. The van der Waals surface area contributed by atoms with Gasteiger partial charge in [0.15, 0.2) is 0 Å². The number of benzene rings is 3. The molecular formula is C32H36N4O2. The number of anilines is 1. The number of amides is 2. The van der Waals surface area contributed by atoms with E-state index in [0.29, 0.717) is 23.7 Å². The first-order chi connectivity index (χ1) is 18.5. The van der Waals surface area contributed by atoms with Crippen molar-refractivity contribution >= 4 is 28.9 Å². The smallest absolute Gasteiger partial charge is 0.251 e. The lowest BCUT2D eigenvalue weighted by molar-refractivity contribution is -0.115. The van der Waals surface area contributed by atoms with Gasteiger partial charge >= 0.3 is 0 Å². The Bertz CT molecular complexity index is 1310. The van der Waals surface area contributed by atoms with Crippen molar-refractivity contribution in [2.75, 3.05) is 26.0 Å². The molecule has 1 aliphatic heterocycles. The highest BCUT2D eigenvalue weighted by atomic mass is 16.2. The predicted octanol–water partition coefficient (Wildman–Crippen LogP) is 5.92. The highest BCUT2D eigenvalue weighted by Crippen LogP contribution is 2.37. The summed E-state index contributed by atoms with van der Waals surface area (Å²) in [4.78, 5) is 33.5. The molecule has 3 aromatic rings. The van der Waals surface area contributed by atoms with Crippen molar-refractivity contribution in [3.05, 3.63) is 95.1 Å². The van der Waals surface area contributed by atoms with E-state index in [1.54, 1.807) is 6.07 Å². The fourth-order valence-corrected chi connectivity index (χ4v) is 5.49. The highest BCUT2D eigenvalue weighted by molar-refractivity contribution is 6.24. The molecule has 1 atom stereocenters. The van der Waals surface area contributed by atoms with Crippen LogP contribution < -0.4 is 10.6 Å². The lowest BCUT2D eigenvalue weighted by Crippen LogP contribution is -2.30. The zero-order valence-electron chi connectivity index (χ0n) is 22.2. The molecule has 0 saturated heterocycles. The van der Waals surface area contributed by atoms with Crippen LogP contribution in [0.25, 0.3) is 0 Å². The molecule has 0 radical (unpaired) electrons. The van der Waals surface area contributed by atoms with E-state index in [0.717, 1.165) is 29.0 Å². The first kappa shape index (κ1) is 25.9. The van der Waals surface area contributed by atoms with E-state index in [1.807, 2.05) is 68.7 Å². The number of carbonyl (C=O) groups excluding carboxylic acids is 2. The molecule has 196 valence electrons. The minimum absolute atomic E-state index is 0.0915. The van der Waals surface area contributed by atoms with Crippen molar-refractivity contribution in [3.8, 4) is 0 Å². The van der Waals surface area contributed by atoms with Crippen molar-refractivity contribution in [1.82, 2.24) is 10.2 Å². The number of nitrogens with one attached hydrogen (secondary N) is 2. The van der Waals surface area contributed by atoms with E-state index in [-0.39, 0.29) is 11.8 Å². The number of carbonyl (C=O) groups is 2. The van der Waals surface area contributed by atoms with Crippen LogP contribution in [0.3, 0.4) is 0 Å². The SMILES string of the molecule is CN(C)Cc1ccc(N=C(c2ccccc2)C2C(=O)Nc3ccc(C(=O)NCC4CCCCC4)cc32)cc1. The molecular weight excluding hydrogens is 472 g/mol. The fraction of sp³-hybridized carbons (Fsp3) is 0.344. The summed E-state index contributed by atoms with van der Waals surface area (Å²) in [5, 5.41) is 6.13. The van der Waals surface area contributed by atoms with Gasteiger partial charge in [-0.1, -0.05) is 61.7 Å². The summed E-state index contributed by atoms with van der Waals surface area (Å²) in [7, 11) is 4.08. The molecule has 0 aromatic heterocycles. The Hall–Kier alpha value is -3.77. The summed E-state index contributed by atoms with van der Waals surface area (Å²) >= 11 is 0. The molecule has 0 bridgehead atoms. The molecule has 1 fully saturated rings. The monoisotopic (exact) mass is 508 g/mol. The number of hydrogen-bond acceptors (Lipinski definition) is 4. The van der Waals surface area contributed by atoms with Gasteiger partial charge < -0.3 is 15.5 Å². The Kier molecular flexibility index (Phi) is 7.99. The Morgan fingerprint density at radius 1 is 0.947 bits per heavy atom. The number of fused-ring (bicyclic) bond motifs is 1. The second-order valence-corrected chi connectivity index (χ2v) is 10.7. The van der Waals surface area contributed by atoms with Gasteiger partial charge in [0.05, 0.1) is 11.4 Å². The maximum absolute atomic E-state index is 13.3. The number of nitrogens with zero attached hydrogens (tertiary/aromatic N) is 2. The third kappa shape index (κ3) is 6.03. The van der Waals surface area contributed by atoms with Gasteiger partial charge in [0, 0.05) is 24.3 Å². The van der Waals surface area contributed by atoms with E-state index in [4.69, 9.17) is 4.99 Å². The number of rotatable bonds is 8. The second kappa shape index (κ2) is 11.7. The Labute approximate surface area is 225 Å². The molecule has 5 rings (SSSR count). The van der Waals surface area contributed by atoms with Crippen LogP contribution in [0.4, 0.5) is 11.4 Å². The normalized spacial score (nSPS) is 17.8. The standard InChI is InChI=1S/C32H36N4O2/c1-36(2)21-23-13-16-26(17-14-23)34-30(24-11-7-4-8-12-24)29-27-19-25(15-18-28(27)35-32(29)38)31(37)33-20-22-9-5-3-6-10-22/h4,7-8,11-19,22,29H,3,5-6,9-10,20-21H2,1-2H3,(H,33,37)(H,35,38). The van der Waals surface area contributed by atoms with Crippen LogP contribution in [0, 0.1) is 5.92 Å². The minimum Gasteiger partial charge on any atom is -0.352 e. The number of hydrogen-bond donors (Lipinski definition) is 2. The van der Waals surface area contributed by atoms with Crippen LogP contribution >= 0.6 is 0 Å². The van der Waals surface area contributed by atoms with Gasteiger partial charge in [-0.15, -0.1) is 0 Å². The molecule has 2 N–H and O–H groups in total. The molecule has 3 aromatic carbocycles. The third-order valence-electron chi connectivity index (χ3n) is 7.45. The van der Waals surface area contributed by atoms with Crippen LogP contribution in [-0.2, 0) is 11.3 Å². The molecule has 2 amide bonds. The van der Waals surface area contributed by atoms with E-state index in [1.165, 1.54) is 37.7 Å². The van der Waals surface area contributed by atoms with Gasteiger partial charge in [-0.05, 0) is 79.9 Å². The van der Waals surface area contributed by atoms with E-state index in [2.05, 4.69) is 27.7 Å². The molecule has 1 unspecified atom stereocenters. The van der Waals surface area contributed by atoms with Gasteiger partial charge in [0.1, 0.15) is 5.92 Å². The van der Waals surface area contributed by atoms with Crippen molar-refractivity contribution < 1.29 is 9.59 Å². The van der Waals surface area contributed by atoms with Crippen LogP contribution in [0.2, 0.25) is 0 Å². The average Bonchev–Trinajstić information content (AvgIpc) is 3.26. The lowest BCUT2D eigenvalue weighted by atomic mass is 9.89. The summed E-state index contributed by atoms with van der Waals surface area (Å²) in [5.74, 6) is -0.281. The first-order valence-electron chi connectivity index (χ1n) is 13.6. The fourth-order valence-electron chi connectivity index (χ4n) is 5.49. The first-order valence-corrected chi connectivity index (χ1v) is 13.6. The van der Waals surface area contributed by atoms with Gasteiger partial charge in [-0.2, -0.15) is 0 Å². The van der Waals surface area contributed by atoms with Crippen molar-refractivity contribution in [2.24, 2.45) is 10.9 Å². The Morgan fingerprint density at radius 3 is 2.39 bits per heavy atom. The van der Waals surface area contributed by atoms with Crippen LogP contribution in [0.15, 0.2) is 77.8 Å². The zero-order valence-corrected chi connectivity index (χ0v) is 22.2. The van der Waals surface area contributed by atoms with Crippen LogP contribution in [-0.4, -0.2) is 43.1 Å². The quantitative estimate of drug-likeness (QED) is 0.371. The van der Waals surface area contributed by atoms with Crippen molar-refractivity contribution in [3.63, 3.8) is 0 Å². The topological polar surface area (TPSA) is 73.8 Å². The maximum atomic E-state index is 13.3. The van der Waals surface area contributed by atoms with Crippen molar-refractivity contribution in [2.45, 2.75) is 44.6 Å². The van der Waals surface area contributed by atoms with E-state index < -0.39 is 5.92 Å². The van der Waals surface area contributed by atoms with Crippen LogP contribution in [0.1, 0.15) is 65.1 Å². The lowest BCUT2D eigenvalue weighted by Gasteiger charge is -2.21. The summed E-state index contributed by atoms with van der Waals surface area (Å²) < 4.78 is 0. The molecule has 6 heteroatoms. The number of aliphatic imine (C=N–C) groups is 1. The Balaban J connectivity index is 1.45. The minimum atomic E-state index is -0.611. The molecule has 2 aliphatic rings. The third-order valence-corrected chi connectivity index (χ3v) is 7.45. The molecule has 1 aliphatic carbocycles. The molecule has 6 nitrogen and oxygen atoms in total. The van der Waals surface area contributed by atoms with E-state index >= 15 is 0 Å². The summed E-state index contributed by atoms with van der Waals surface area (Å²) in [6.45, 7) is 1.55. The summed E-state index contributed by atoms with van der Waals surface area (Å²) in [6.07, 6.45) is 6.14. The summed E-state index contributed by atoms with van der Waals surface area (Å²) in [6, 6.07) is 23.4. The summed E-state index contributed by atoms with van der Waals surface area (Å²) in [5.41, 5.74) is 5.62. The Morgan fingerprint density at radius 2 is 1.68 bits per heavy atom. The predicted molar refractivity (Wildman–Crippen MR) is 153 cm³/mol. The largest absolute Gasteiger partial charge is 0.352 e. The maximum Gasteiger partial charge on any atom is 0.251 e. The van der Waals surface area contributed by atoms with Gasteiger partial charge in [0.25, 0.3) is 5.91 Å². The van der Waals surface area contributed by atoms with E-state index in [9.17, 15) is 9.59 Å². The van der Waals surface area contributed by atoms with Gasteiger partial charge in [-0.3, -0.25) is 14.6 Å². The average molecular weight is 509 g/mol. The van der Waals surface area contributed by atoms with Gasteiger partial charge in [-0.25, -0.2) is 0 Å². The highest BCUT2D eigenvalue weighted by Gasteiger charge is 2.36. The molecule has 1 heterocycles.